The Kier molecular flexibility index (Phi) is 4.12. The highest BCUT2D eigenvalue weighted by Crippen LogP contribution is 1.95. The molecule has 14 heavy (non-hydrogen) atoms. The summed E-state index contributed by atoms with van der Waals surface area (Å²) in [7, 11) is 1.78. The predicted octanol–water partition coefficient (Wildman–Crippen LogP) is -0.111. The number of aryl methyl sites for hydroxylation is 1. The second-order valence-corrected chi connectivity index (χ2v) is 3.15. The first-order chi connectivity index (χ1) is 6.74. The molecule has 1 heterocycles. The lowest BCUT2D eigenvalue weighted by Crippen LogP contribution is -2.24. The number of amides is 1. The molecule has 0 aromatic carbocycles. The topological polar surface area (TPSA) is 72.9 Å². The summed E-state index contributed by atoms with van der Waals surface area (Å²) in [6, 6.07) is 0. The fourth-order valence-electron chi connectivity index (χ4n) is 1.11. The molecule has 0 bridgehead atoms. The summed E-state index contributed by atoms with van der Waals surface area (Å²) in [6.45, 7) is 1.34. The molecule has 5 nitrogen and oxygen atoms in total. The van der Waals surface area contributed by atoms with E-state index in [0.29, 0.717) is 18.7 Å². The molecule has 1 aromatic rings. The van der Waals surface area contributed by atoms with Gasteiger partial charge in [-0.25, -0.2) is 0 Å². The van der Waals surface area contributed by atoms with E-state index in [0.717, 1.165) is 12.8 Å². The van der Waals surface area contributed by atoms with Gasteiger partial charge in [-0.15, -0.1) is 0 Å². The average molecular weight is 196 g/mol. The van der Waals surface area contributed by atoms with Crippen LogP contribution in [0.4, 0.5) is 0 Å². The molecule has 5 heteroatoms. The van der Waals surface area contributed by atoms with E-state index in [1.54, 1.807) is 24.1 Å². The summed E-state index contributed by atoms with van der Waals surface area (Å²) in [4.78, 5) is 11.4. The maximum Gasteiger partial charge on any atom is 0.254 e. The largest absolute Gasteiger partial charge is 0.352 e. The van der Waals surface area contributed by atoms with Crippen molar-refractivity contribution >= 4 is 5.91 Å². The van der Waals surface area contributed by atoms with E-state index in [1.165, 1.54) is 0 Å². The minimum atomic E-state index is -0.0740. The summed E-state index contributed by atoms with van der Waals surface area (Å²) in [5, 5.41) is 6.72. The van der Waals surface area contributed by atoms with Gasteiger partial charge < -0.3 is 11.1 Å². The van der Waals surface area contributed by atoms with E-state index in [1.807, 2.05) is 0 Å². The van der Waals surface area contributed by atoms with Crippen LogP contribution in [0.3, 0.4) is 0 Å². The van der Waals surface area contributed by atoms with Gasteiger partial charge in [-0.1, -0.05) is 0 Å². The van der Waals surface area contributed by atoms with E-state index in [9.17, 15) is 4.79 Å². The van der Waals surface area contributed by atoms with Gasteiger partial charge in [-0.05, 0) is 19.4 Å². The number of hydrogen-bond acceptors (Lipinski definition) is 3. The quantitative estimate of drug-likeness (QED) is 0.645. The van der Waals surface area contributed by atoms with Crippen molar-refractivity contribution in [2.24, 2.45) is 12.8 Å². The predicted molar refractivity (Wildman–Crippen MR) is 53.8 cm³/mol. The van der Waals surface area contributed by atoms with Crippen molar-refractivity contribution in [3.63, 3.8) is 0 Å². The van der Waals surface area contributed by atoms with Crippen molar-refractivity contribution in [1.82, 2.24) is 15.1 Å². The first-order valence-corrected chi connectivity index (χ1v) is 4.71. The Balaban J connectivity index is 2.29. The van der Waals surface area contributed by atoms with E-state index >= 15 is 0 Å². The lowest BCUT2D eigenvalue weighted by Gasteiger charge is -2.01. The zero-order valence-electron chi connectivity index (χ0n) is 8.36. The van der Waals surface area contributed by atoms with Gasteiger partial charge in [0.25, 0.3) is 5.91 Å². The van der Waals surface area contributed by atoms with E-state index in [-0.39, 0.29) is 5.91 Å². The van der Waals surface area contributed by atoms with E-state index in [4.69, 9.17) is 5.73 Å². The average Bonchev–Trinajstić information content (AvgIpc) is 2.59. The highest BCUT2D eigenvalue weighted by molar-refractivity contribution is 5.93. The molecular formula is C9H16N4O. The van der Waals surface area contributed by atoms with Crippen LogP contribution in [-0.2, 0) is 7.05 Å². The number of carbonyl (C=O) groups excluding carboxylic acids is 1. The van der Waals surface area contributed by atoms with E-state index < -0.39 is 0 Å². The molecule has 0 fully saturated rings. The SMILES string of the molecule is Cn1cc(C(=O)NCCCCN)cn1. The Morgan fingerprint density at radius 1 is 1.64 bits per heavy atom. The maximum absolute atomic E-state index is 11.4. The number of unbranched alkanes of at least 4 members (excludes halogenated alkanes) is 1. The normalized spacial score (nSPS) is 10.1. The minimum Gasteiger partial charge on any atom is -0.352 e. The van der Waals surface area contributed by atoms with Crippen molar-refractivity contribution in [2.75, 3.05) is 13.1 Å². The smallest absolute Gasteiger partial charge is 0.254 e. The van der Waals surface area contributed by atoms with Gasteiger partial charge >= 0.3 is 0 Å². The minimum absolute atomic E-state index is 0.0740. The van der Waals surface area contributed by atoms with Crippen molar-refractivity contribution in [3.05, 3.63) is 18.0 Å². The summed E-state index contributed by atoms with van der Waals surface area (Å²) in [6.07, 6.45) is 5.10. The lowest BCUT2D eigenvalue weighted by molar-refractivity contribution is 0.0953. The molecule has 0 saturated carbocycles. The van der Waals surface area contributed by atoms with Gasteiger partial charge in [0.05, 0.1) is 11.8 Å². The Morgan fingerprint density at radius 3 is 3.00 bits per heavy atom. The number of rotatable bonds is 5. The molecule has 0 aliphatic carbocycles. The Hall–Kier alpha value is -1.36. The Morgan fingerprint density at radius 2 is 2.43 bits per heavy atom. The van der Waals surface area contributed by atoms with Crippen LogP contribution < -0.4 is 11.1 Å². The highest BCUT2D eigenvalue weighted by atomic mass is 16.1. The molecule has 0 unspecified atom stereocenters. The molecule has 0 aliphatic rings. The van der Waals surface area contributed by atoms with Crippen molar-refractivity contribution < 1.29 is 4.79 Å². The molecule has 1 aromatic heterocycles. The molecule has 3 N–H and O–H groups in total. The molecule has 1 rings (SSSR count). The van der Waals surface area contributed by atoms with Crippen LogP contribution in [0.25, 0.3) is 0 Å². The molecule has 0 saturated heterocycles. The van der Waals surface area contributed by atoms with Crippen LogP contribution >= 0.6 is 0 Å². The molecule has 0 radical (unpaired) electrons. The van der Waals surface area contributed by atoms with Crippen molar-refractivity contribution in [1.29, 1.82) is 0 Å². The van der Waals surface area contributed by atoms with Gasteiger partial charge in [-0.2, -0.15) is 5.10 Å². The molecule has 0 aliphatic heterocycles. The van der Waals surface area contributed by atoms with Gasteiger partial charge in [-0.3, -0.25) is 9.48 Å². The summed E-state index contributed by atoms with van der Waals surface area (Å²) in [5.41, 5.74) is 5.93. The highest BCUT2D eigenvalue weighted by Gasteiger charge is 2.05. The summed E-state index contributed by atoms with van der Waals surface area (Å²) >= 11 is 0. The van der Waals surface area contributed by atoms with Crippen molar-refractivity contribution in [3.8, 4) is 0 Å². The first-order valence-electron chi connectivity index (χ1n) is 4.71. The second-order valence-electron chi connectivity index (χ2n) is 3.15. The van der Waals surface area contributed by atoms with Crippen LogP contribution in [0.5, 0.6) is 0 Å². The van der Waals surface area contributed by atoms with E-state index in [2.05, 4.69) is 10.4 Å². The van der Waals surface area contributed by atoms with Crippen LogP contribution in [0.15, 0.2) is 12.4 Å². The number of nitrogens with zero attached hydrogens (tertiary/aromatic N) is 2. The molecular weight excluding hydrogens is 180 g/mol. The number of nitrogens with one attached hydrogen (secondary N) is 1. The lowest BCUT2D eigenvalue weighted by atomic mass is 10.3. The molecule has 78 valence electrons. The standard InChI is InChI=1S/C9H16N4O/c1-13-7-8(6-12-13)9(14)11-5-3-2-4-10/h6-7H,2-5,10H2,1H3,(H,11,14). The molecule has 1 amide bonds. The third-order valence-electron chi connectivity index (χ3n) is 1.88. The van der Waals surface area contributed by atoms with Crippen molar-refractivity contribution in [2.45, 2.75) is 12.8 Å². The van der Waals surface area contributed by atoms with Crippen LogP contribution in [-0.4, -0.2) is 28.8 Å². The number of carbonyl (C=O) groups is 1. The zero-order chi connectivity index (χ0) is 10.4. The second kappa shape index (κ2) is 5.39. The zero-order valence-corrected chi connectivity index (χ0v) is 8.36. The fourth-order valence-corrected chi connectivity index (χ4v) is 1.11. The maximum atomic E-state index is 11.4. The van der Waals surface area contributed by atoms with Gasteiger partial charge in [0.15, 0.2) is 0 Å². The fraction of sp³-hybridized carbons (Fsp3) is 0.556. The van der Waals surface area contributed by atoms with Gasteiger partial charge in [0, 0.05) is 19.8 Å². The van der Waals surface area contributed by atoms with Crippen LogP contribution in [0, 0.1) is 0 Å². The van der Waals surface area contributed by atoms with Gasteiger partial charge in [0.1, 0.15) is 0 Å². The molecule has 0 atom stereocenters. The van der Waals surface area contributed by atoms with Crippen LogP contribution in [0.1, 0.15) is 23.2 Å². The Labute approximate surface area is 83.3 Å². The summed E-state index contributed by atoms with van der Waals surface area (Å²) in [5.74, 6) is -0.0740. The van der Waals surface area contributed by atoms with Gasteiger partial charge in [0.2, 0.25) is 0 Å². The number of hydrogen-bond donors (Lipinski definition) is 2. The molecule has 0 spiro atoms. The monoisotopic (exact) mass is 196 g/mol. The number of aromatic nitrogens is 2. The first kappa shape index (κ1) is 10.7. The van der Waals surface area contributed by atoms with Crippen LogP contribution in [0.2, 0.25) is 0 Å². The number of nitrogens with two attached hydrogens (primary N) is 1. The third-order valence-corrected chi connectivity index (χ3v) is 1.88. The third kappa shape index (κ3) is 3.18. The Bertz CT molecular complexity index is 295. The summed E-state index contributed by atoms with van der Waals surface area (Å²) < 4.78 is 1.61.